The molecule has 0 saturated carbocycles. The third kappa shape index (κ3) is 4.79. The van der Waals surface area contributed by atoms with E-state index in [0.717, 1.165) is 51.9 Å². The van der Waals surface area contributed by atoms with Crippen molar-refractivity contribution >= 4 is 5.91 Å². The average molecular weight is 348 g/mol. The predicted octanol–water partition coefficient (Wildman–Crippen LogP) is 2.97. The summed E-state index contributed by atoms with van der Waals surface area (Å²) in [6, 6.07) is 6.39. The van der Waals surface area contributed by atoms with Gasteiger partial charge in [-0.3, -0.25) is 4.79 Å². The van der Waals surface area contributed by atoms with Gasteiger partial charge in [-0.25, -0.2) is 4.39 Å². The van der Waals surface area contributed by atoms with Crippen LogP contribution in [0.25, 0.3) is 0 Å². The Morgan fingerprint density at radius 3 is 2.36 bits per heavy atom. The van der Waals surface area contributed by atoms with Gasteiger partial charge in [0.1, 0.15) is 5.82 Å². The number of β-amino-alcohol motifs (C(OH)–C–C–N with tert-alkyl or cyclic N) is 1. The lowest BCUT2D eigenvalue weighted by Crippen LogP contribution is -2.43. The second-order valence-electron chi connectivity index (χ2n) is 7.35. The summed E-state index contributed by atoms with van der Waals surface area (Å²) in [4.78, 5) is 16.9. The maximum Gasteiger partial charge on any atom is 0.225 e. The number of halogens is 1. The van der Waals surface area contributed by atoms with Crippen molar-refractivity contribution in [3.63, 3.8) is 0 Å². The molecule has 25 heavy (non-hydrogen) atoms. The number of likely N-dealkylation sites (tertiary alicyclic amines) is 2. The number of aliphatic hydroxyl groups excluding tert-OH is 1. The van der Waals surface area contributed by atoms with Crippen LogP contribution in [-0.2, 0) is 4.79 Å². The molecule has 2 heterocycles. The first-order chi connectivity index (χ1) is 12.1. The molecule has 0 radical (unpaired) electrons. The first-order valence-corrected chi connectivity index (χ1v) is 9.59. The van der Waals surface area contributed by atoms with Crippen molar-refractivity contribution < 1.29 is 14.3 Å². The van der Waals surface area contributed by atoms with Crippen LogP contribution in [0.1, 0.15) is 50.2 Å². The molecule has 0 aliphatic carbocycles. The van der Waals surface area contributed by atoms with E-state index in [4.69, 9.17) is 0 Å². The van der Waals surface area contributed by atoms with Gasteiger partial charge in [0.25, 0.3) is 0 Å². The fourth-order valence-electron chi connectivity index (χ4n) is 4.00. The highest BCUT2D eigenvalue weighted by Gasteiger charge is 2.29. The van der Waals surface area contributed by atoms with Crippen LogP contribution < -0.4 is 0 Å². The summed E-state index contributed by atoms with van der Waals surface area (Å²) in [6.07, 6.45) is 5.56. The second kappa shape index (κ2) is 8.77. The van der Waals surface area contributed by atoms with Gasteiger partial charge >= 0.3 is 0 Å². The third-order valence-corrected chi connectivity index (χ3v) is 5.55. The molecule has 1 atom stereocenters. The number of hydrogen-bond donors (Lipinski definition) is 1. The van der Waals surface area contributed by atoms with Gasteiger partial charge in [0.2, 0.25) is 5.91 Å². The molecule has 1 unspecified atom stereocenters. The number of amides is 1. The van der Waals surface area contributed by atoms with Crippen molar-refractivity contribution in [2.24, 2.45) is 5.92 Å². The zero-order chi connectivity index (χ0) is 17.6. The minimum Gasteiger partial charge on any atom is -0.387 e. The van der Waals surface area contributed by atoms with Gasteiger partial charge in [-0.1, -0.05) is 31.0 Å². The average Bonchev–Trinajstić information content (AvgIpc) is 2.91. The maximum absolute atomic E-state index is 13.8. The molecule has 1 N–H and O–H groups in total. The summed E-state index contributed by atoms with van der Waals surface area (Å²) in [5, 5.41) is 10.3. The molecular weight excluding hydrogens is 319 g/mol. The van der Waals surface area contributed by atoms with Crippen LogP contribution in [0.4, 0.5) is 4.39 Å². The minimum atomic E-state index is -0.820. The standard InChI is InChI=1S/C20H29FN2O2/c21-18-8-4-3-7-17(18)19(24)15-22-13-9-16(10-14-22)20(25)23-11-5-1-2-6-12-23/h3-4,7-8,16,19,24H,1-2,5-6,9-15H2. The molecule has 4 nitrogen and oxygen atoms in total. The van der Waals surface area contributed by atoms with Gasteiger partial charge in [-0.15, -0.1) is 0 Å². The molecule has 5 heteroatoms. The molecule has 1 amide bonds. The first-order valence-electron chi connectivity index (χ1n) is 9.59. The number of aliphatic hydroxyl groups is 1. The summed E-state index contributed by atoms with van der Waals surface area (Å²) in [7, 11) is 0. The summed E-state index contributed by atoms with van der Waals surface area (Å²) >= 11 is 0. The molecule has 2 fully saturated rings. The number of piperidine rings is 1. The Balaban J connectivity index is 1.48. The molecule has 2 saturated heterocycles. The lowest BCUT2D eigenvalue weighted by molar-refractivity contribution is -0.137. The van der Waals surface area contributed by atoms with Crippen molar-refractivity contribution in [1.82, 2.24) is 9.80 Å². The lowest BCUT2D eigenvalue weighted by atomic mass is 9.94. The van der Waals surface area contributed by atoms with Crippen molar-refractivity contribution in [2.45, 2.75) is 44.6 Å². The molecular formula is C20H29FN2O2. The van der Waals surface area contributed by atoms with Crippen LogP contribution in [0.3, 0.4) is 0 Å². The highest BCUT2D eigenvalue weighted by Crippen LogP contribution is 2.24. The Hall–Kier alpha value is -1.46. The Morgan fingerprint density at radius 1 is 1.08 bits per heavy atom. The van der Waals surface area contributed by atoms with Gasteiger partial charge < -0.3 is 14.9 Å². The van der Waals surface area contributed by atoms with Crippen LogP contribution >= 0.6 is 0 Å². The van der Waals surface area contributed by atoms with E-state index in [0.29, 0.717) is 18.0 Å². The zero-order valence-corrected chi connectivity index (χ0v) is 14.9. The molecule has 0 spiro atoms. The van der Waals surface area contributed by atoms with Crippen LogP contribution in [0.2, 0.25) is 0 Å². The van der Waals surface area contributed by atoms with E-state index in [1.165, 1.54) is 18.9 Å². The summed E-state index contributed by atoms with van der Waals surface area (Å²) in [6.45, 7) is 3.81. The Kier molecular flexibility index (Phi) is 6.43. The van der Waals surface area contributed by atoms with Gasteiger partial charge in [-0.05, 0) is 44.8 Å². The van der Waals surface area contributed by atoms with E-state index in [1.807, 2.05) is 0 Å². The van der Waals surface area contributed by atoms with Crippen LogP contribution in [0, 0.1) is 11.7 Å². The molecule has 0 aromatic heterocycles. The van der Waals surface area contributed by atoms with Crippen molar-refractivity contribution in [3.05, 3.63) is 35.6 Å². The molecule has 2 aliphatic heterocycles. The number of rotatable bonds is 4. The number of nitrogens with zero attached hydrogens (tertiary/aromatic N) is 2. The smallest absolute Gasteiger partial charge is 0.225 e. The van der Waals surface area contributed by atoms with E-state index in [2.05, 4.69) is 9.80 Å². The molecule has 1 aromatic carbocycles. The van der Waals surface area contributed by atoms with E-state index in [1.54, 1.807) is 18.2 Å². The van der Waals surface area contributed by atoms with Crippen molar-refractivity contribution in [3.8, 4) is 0 Å². The number of carbonyl (C=O) groups excluding carboxylic acids is 1. The fourth-order valence-corrected chi connectivity index (χ4v) is 4.00. The Morgan fingerprint density at radius 2 is 1.72 bits per heavy atom. The predicted molar refractivity (Wildman–Crippen MR) is 95.6 cm³/mol. The van der Waals surface area contributed by atoms with Gasteiger partial charge in [0, 0.05) is 31.1 Å². The Bertz CT molecular complexity index is 565. The Labute approximate surface area is 149 Å². The van der Waals surface area contributed by atoms with Crippen molar-refractivity contribution in [1.29, 1.82) is 0 Å². The van der Waals surface area contributed by atoms with Gasteiger partial charge in [0.05, 0.1) is 6.10 Å². The lowest BCUT2D eigenvalue weighted by Gasteiger charge is -2.35. The summed E-state index contributed by atoms with van der Waals surface area (Å²) in [5.41, 5.74) is 0.352. The zero-order valence-electron chi connectivity index (χ0n) is 14.9. The van der Waals surface area contributed by atoms with E-state index < -0.39 is 6.10 Å². The maximum atomic E-state index is 13.8. The van der Waals surface area contributed by atoms with E-state index in [-0.39, 0.29) is 11.7 Å². The number of benzene rings is 1. The monoisotopic (exact) mass is 348 g/mol. The molecule has 138 valence electrons. The molecule has 2 aliphatic rings. The highest BCUT2D eigenvalue weighted by molar-refractivity contribution is 5.79. The van der Waals surface area contributed by atoms with E-state index in [9.17, 15) is 14.3 Å². The summed E-state index contributed by atoms with van der Waals surface area (Å²) in [5.74, 6) is 0.0670. The molecule has 0 bridgehead atoms. The minimum absolute atomic E-state index is 0.111. The number of hydrogen-bond acceptors (Lipinski definition) is 3. The molecule has 1 aromatic rings. The summed E-state index contributed by atoms with van der Waals surface area (Å²) < 4.78 is 13.8. The van der Waals surface area contributed by atoms with Crippen LogP contribution in [0.5, 0.6) is 0 Å². The normalized spacial score (nSPS) is 21.8. The third-order valence-electron chi connectivity index (χ3n) is 5.55. The van der Waals surface area contributed by atoms with Crippen LogP contribution in [-0.4, -0.2) is 53.5 Å². The fraction of sp³-hybridized carbons (Fsp3) is 0.650. The quantitative estimate of drug-likeness (QED) is 0.910. The van der Waals surface area contributed by atoms with Crippen LogP contribution in [0.15, 0.2) is 24.3 Å². The number of carbonyl (C=O) groups is 1. The molecule has 3 rings (SSSR count). The van der Waals surface area contributed by atoms with E-state index >= 15 is 0 Å². The van der Waals surface area contributed by atoms with Gasteiger partial charge in [-0.2, -0.15) is 0 Å². The topological polar surface area (TPSA) is 43.8 Å². The van der Waals surface area contributed by atoms with Crippen molar-refractivity contribution in [2.75, 3.05) is 32.7 Å². The highest BCUT2D eigenvalue weighted by atomic mass is 19.1. The van der Waals surface area contributed by atoms with Gasteiger partial charge in [0.15, 0.2) is 0 Å². The SMILES string of the molecule is O=C(C1CCN(CC(O)c2ccccc2F)CC1)N1CCCCCC1. The first kappa shape index (κ1) is 18.3. The largest absolute Gasteiger partial charge is 0.387 e. The second-order valence-corrected chi connectivity index (χ2v) is 7.35.